The lowest BCUT2D eigenvalue weighted by molar-refractivity contribution is 0.380. The fourth-order valence-electron chi connectivity index (χ4n) is 1.83. The number of halogens is 2. The number of rotatable bonds is 3. The van der Waals surface area contributed by atoms with Gasteiger partial charge < -0.3 is 10.5 Å². The maximum Gasteiger partial charge on any atom is 0.169 e. The van der Waals surface area contributed by atoms with Crippen molar-refractivity contribution in [1.82, 2.24) is 0 Å². The van der Waals surface area contributed by atoms with Crippen molar-refractivity contribution in [3.63, 3.8) is 0 Å². The predicted octanol–water partition coefficient (Wildman–Crippen LogP) is 2.94. The van der Waals surface area contributed by atoms with E-state index in [0.29, 0.717) is 16.5 Å². The minimum atomic E-state index is -0.295. The third kappa shape index (κ3) is 2.09. The molecule has 2 nitrogen and oxygen atoms in total. The number of benzene rings is 1. The van der Waals surface area contributed by atoms with E-state index in [9.17, 15) is 4.39 Å². The maximum absolute atomic E-state index is 14.1. The van der Waals surface area contributed by atoms with Crippen molar-refractivity contribution in [3.8, 4) is 5.75 Å². The second-order valence-corrected chi connectivity index (χ2v) is 5.35. The molecule has 0 radical (unpaired) electrons. The molecule has 4 heteroatoms. The summed E-state index contributed by atoms with van der Waals surface area (Å²) in [5.74, 6) is -0.0176. The molecule has 1 aliphatic rings. The van der Waals surface area contributed by atoms with E-state index >= 15 is 0 Å². The first-order valence-corrected chi connectivity index (χ1v) is 6.06. The molecule has 1 fully saturated rings. The molecule has 0 heterocycles. The van der Waals surface area contributed by atoms with E-state index in [0.717, 1.165) is 18.4 Å². The fourth-order valence-corrected chi connectivity index (χ4v) is 2.28. The largest absolute Gasteiger partial charge is 0.492 e. The average Bonchev–Trinajstić information content (AvgIpc) is 2.94. The third-order valence-electron chi connectivity index (χ3n) is 3.06. The first-order chi connectivity index (χ1) is 7.47. The molecule has 88 valence electrons. The van der Waals surface area contributed by atoms with E-state index in [1.165, 1.54) is 7.11 Å². The molecule has 0 unspecified atom stereocenters. The van der Waals surface area contributed by atoms with E-state index < -0.39 is 0 Å². The number of methoxy groups -OCH3 is 1. The van der Waals surface area contributed by atoms with Crippen LogP contribution in [0.25, 0.3) is 0 Å². The average molecular weight is 288 g/mol. The molecule has 0 bridgehead atoms. The predicted molar refractivity (Wildman–Crippen MR) is 65.2 cm³/mol. The van der Waals surface area contributed by atoms with Crippen molar-refractivity contribution in [2.75, 3.05) is 7.11 Å². The first-order valence-electron chi connectivity index (χ1n) is 5.27. The highest BCUT2D eigenvalue weighted by atomic mass is 79.9. The second kappa shape index (κ2) is 4.00. The van der Waals surface area contributed by atoms with E-state index in [1.807, 2.05) is 13.0 Å². The Morgan fingerprint density at radius 1 is 1.56 bits per heavy atom. The zero-order valence-corrected chi connectivity index (χ0v) is 11.0. The van der Waals surface area contributed by atoms with Crippen LogP contribution in [-0.2, 0) is 6.42 Å². The molecule has 0 amide bonds. The van der Waals surface area contributed by atoms with Gasteiger partial charge in [0.15, 0.2) is 11.6 Å². The van der Waals surface area contributed by atoms with Gasteiger partial charge in [0, 0.05) is 5.54 Å². The molecule has 1 aromatic carbocycles. The lowest BCUT2D eigenvalue weighted by Crippen LogP contribution is -2.25. The molecule has 2 N–H and O–H groups in total. The van der Waals surface area contributed by atoms with Crippen LogP contribution in [0.1, 0.15) is 24.0 Å². The van der Waals surface area contributed by atoms with Gasteiger partial charge in [0.25, 0.3) is 0 Å². The van der Waals surface area contributed by atoms with Gasteiger partial charge in [-0.05, 0) is 53.2 Å². The van der Waals surface area contributed by atoms with Crippen molar-refractivity contribution >= 4 is 15.9 Å². The van der Waals surface area contributed by atoms with Crippen molar-refractivity contribution in [3.05, 3.63) is 27.5 Å². The summed E-state index contributed by atoms with van der Waals surface area (Å²) in [5, 5.41) is 0. The van der Waals surface area contributed by atoms with Crippen molar-refractivity contribution in [1.29, 1.82) is 0 Å². The third-order valence-corrected chi connectivity index (χ3v) is 4.04. The van der Waals surface area contributed by atoms with Gasteiger partial charge in [0.2, 0.25) is 0 Å². The van der Waals surface area contributed by atoms with Gasteiger partial charge in [-0.25, -0.2) is 4.39 Å². The smallest absolute Gasteiger partial charge is 0.169 e. The van der Waals surface area contributed by atoms with Crippen LogP contribution < -0.4 is 10.5 Å². The molecule has 0 spiro atoms. The lowest BCUT2D eigenvalue weighted by Gasteiger charge is -2.14. The number of hydrogen-bond acceptors (Lipinski definition) is 2. The Bertz CT molecular complexity index is 430. The van der Waals surface area contributed by atoms with Gasteiger partial charge in [-0.1, -0.05) is 6.07 Å². The maximum atomic E-state index is 14.1. The Hall–Kier alpha value is -0.610. The van der Waals surface area contributed by atoms with Crippen LogP contribution in [0.15, 0.2) is 10.5 Å². The van der Waals surface area contributed by atoms with Gasteiger partial charge in [-0.3, -0.25) is 0 Å². The highest BCUT2D eigenvalue weighted by molar-refractivity contribution is 9.10. The summed E-state index contributed by atoms with van der Waals surface area (Å²) in [6.45, 7) is 1.92. The highest BCUT2D eigenvalue weighted by Crippen LogP contribution is 2.39. The van der Waals surface area contributed by atoms with E-state index in [1.54, 1.807) is 0 Å². The molecule has 0 saturated heterocycles. The zero-order valence-electron chi connectivity index (χ0n) is 9.44. The Morgan fingerprint density at radius 2 is 2.19 bits per heavy atom. The van der Waals surface area contributed by atoms with Gasteiger partial charge in [0.05, 0.1) is 11.6 Å². The van der Waals surface area contributed by atoms with Crippen LogP contribution in [-0.4, -0.2) is 12.6 Å². The standard InChI is InChI=1S/C12H15BrFNO/c1-7-5-8(6-12(15)3-4-12)10(14)11(16-2)9(7)13/h5H,3-4,6,15H2,1-2H3. The Balaban J connectivity index is 2.41. The molecule has 0 atom stereocenters. The van der Waals surface area contributed by atoms with E-state index in [-0.39, 0.29) is 17.1 Å². The normalized spacial score (nSPS) is 17.3. The van der Waals surface area contributed by atoms with Gasteiger partial charge in [-0.2, -0.15) is 0 Å². The minimum absolute atomic E-state index is 0.188. The Morgan fingerprint density at radius 3 is 2.69 bits per heavy atom. The summed E-state index contributed by atoms with van der Waals surface area (Å²) in [4.78, 5) is 0. The van der Waals surface area contributed by atoms with Crippen LogP contribution in [0.2, 0.25) is 0 Å². The number of aryl methyl sites for hydroxylation is 1. The molecular formula is C12H15BrFNO. The zero-order chi connectivity index (χ0) is 11.9. The van der Waals surface area contributed by atoms with Crippen LogP contribution in [0.5, 0.6) is 5.75 Å². The minimum Gasteiger partial charge on any atom is -0.492 e. The van der Waals surface area contributed by atoms with Crippen molar-refractivity contribution in [2.45, 2.75) is 31.7 Å². The van der Waals surface area contributed by atoms with Crippen LogP contribution in [0.3, 0.4) is 0 Å². The molecule has 16 heavy (non-hydrogen) atoms. The monoisotopic (exact) mass is 287 g/mol. The number of hydrogen-bond donors (Lipinski definition) is 1. The topological polar surface area (TPSA) is 35.2 Å². The summed E-state index contributed by atoms with van der Waals surface area (Å²) in [7, 11) is 1.47. The van der Waals surface area contributed by atoms with Crippen LogP contribution in [0, 0.1) is 12.7 Å². The molecule has 1 saturated carbocycles. The van der Waals surface area contributed by atoms with Crippen molar-refractivity contribution in [2.24, 2.45) is 5.73 Å². The molecule has 0 aromatic heterocycles. The van der Waals surface area contributed by atoms with E-state index in [2.05, 4.69) is 15.9 Å². The molecular weight excluding hydrogens is 273 g/mol. The van der Waals surface area contributed by atoms with Crippen molar-refractivity contribution < 1.29 is 9.13 Å². The second-order valence-electron chi connectivity index (χ2n) is 4.55. The van der Waals surface area contributed by atoms with Gasteiger partial charge in [0.1, 0.15) is 0 Å². The van der Waals surface area contributed by atoms with Crippen LogP contribution >= 0.6 is 15.9 Å². The van der Waals surface area contributed by atoms with E-state index in [4.69, 9.17) is 10.5 Å². The highest BCUT2D eigenvalue weighted by Gasteiger charge is 2.39. The Labute approximate surface area is 103 Å². The summed E-state index contributed by atoms with van der Waals surface area (Å²) in [5.41, 5.74) is 7.44. The molecule has 1 aliphatic carbocycles. The molecule has 1 aromatic rings. The summed E-state index contributed by atoms with van der Waals surface area (Å²) < 4.78 is 19.8. The summed E-state index contributed by atoms with van der Waals surface area (Å²) in [6, 6.07) is 1.84. The molecule has 2 rings (SSSR count). The summed E-state index contributed by atoms with van der Waals surface area (Å²) >= 11 is 3.32. The quantitative estimate of drug-likeness (QED) is 0.928. The molecule has 0 aliphatic heterocycles. The van der Waals surface area contributed by atoms with Crippen LogP contribution in [0.4, 0.5) is 4.39 Å². The summed E-state index contributed by atoms with van der Waals surface area (Å²) in [6.07, 6.45) is 2.54. The SMILES string of the molecule is COc1c(F)c(CC2(N)CC2)cc(C)c1Br. The van der Waals surface area contributed by atoms with Gasteiger partial charge >= 0.3 is 0 Å². The fraction of sp³-hybridized carbons (Fsp3) is 0.500. The van der Waals surface area contributed by atoms with Gasteiger partial charge in [-0.15, -0.1) is 0 Å². The first kappa shape index (κ1) is 11.9. The Kier molecular flexibility index (Phi) is 2.97. The number of ether oxygens (including phenoxy) is 1. The lowest BCUT2D eigenvalue weighted by atomic mass is 10.0. The number of nitrogens with two attached hydrogens (primary N) is 1.